The summed E-state index contributed by atoms with van der Waals surface area (Å²) in [6.45, 7) is 4.20. The molecule has 0 saturated heterocycles. The van der Waals surface area contributed by atoms with Crippen LogP contribution in [0.4, 0.5) is 0 Å². The Kier molecular flexibility index (Phi) is 7.14. The van der Waals surface area contributed by atoms with Gasteiger partial charge < -0.3 is 9.13 Å². The van der Waals surface area contributed by atoms with Crippen LogP contribution in [0.25, 0.3) is 0 Å². The van der Waals surface area contributed by atoms with E-state index in [1.165, 1.54) is 0 Å². The second-order valence-corrected chi connectivity index (χ2v) is 17.0. The Morgan fingerprint density at radius 2 is 1.16 bits per heavy atom. The van der Waals surface area contributed by atoms with Crippen LogP contribution < -0.4 is 15.9 Å². The van der Waals surface area contributed by atoms with Crippen LogP contribution >= 0.6 is 14.3 Å². The highest BCUT2D eigenvalue weighted by Crippen LogP contribution is 2.69. The van der Waals surface area contributed by atoms with Crippen molar-refractivity contribution in [3.63, 3.8) is 0 Å². The highest BCUT2D eigenvalue weighted by molar-refractivity contribution is 7.79. The van der Waals surface area contributed by atoms with Gasteiger partial charge >= 0.3 is 0 Å². The molecule has 1 saturated carbocycles. The Bertz CT molecular complexity index is 1360. The van der Waals surface area contributed by atoms with Crippen molar-refractivity contribution in [1.29, 1.82) is 0 Å². The van der Waals surface area contributed by atoms with Gasteiger partial charge in [-0.15, -0.1) is 0 Å². The lowest BCUT2D eigenvalue weighted by Gasteiger charge is -2.51. The van der Waals surface area contributed by atoms with Crippen molar-refractivity contribution in [2.24, 2.45) is 5.41 Å². The largest absolute Gasteiger partial charge is 0.318 e. The molecule has 2 aliphatic carbocycles. The lowest BCUT2D eigenvalue weighted by molar-refractivity contribution is -0.121. The molecule has 37 heavy (non-hydrogen) atoms. The van der Waals surface area contributed by atoms with Gasteiger partial charge in [0.05, 0.1) is 0 Å². The minimum atomic E-state index is -3.27. The summed E-state index contributed by atoms with van der Waals surface area (Å²) in [4.78, 5) is 13.6. The predicted molar refractivity (Wildman–Crippen MR) is 156 cm³/mol. The zero-order chi connectivity index (χ0) is 26.1. The van der Waals surface area contributed by atoms with E-state index in [2.05, 4.69) is 19.9 Å². The summed E-state index contributed by atoms with van der Waals surface area (Å²) in [6, 6.07) is 28.9. The Morgan fingerprint density at radius 1 is 0.676 bits per heavy atom. The van der Waals surface area contributed by atoms with Crippen molar-refractivity contribution < 1.29 is 13.9 Å². The quantitative estimate of drug-likeness (QED) is 0.335. The smallest absolute Gasteiger partial charge is 0.147 e. The number of hydrogen-bond acceptors (Lipinski definition) is 3. The third-order valence-corrected chi connectivity index (χ3v) is 16.5. The maximum absolute atomic E-state index is 15.5. The Hall–Kier alpha value is -2.73. The number of allylic oxidation sites excluding steroid dienone is 4. The molecule has 3 aromatic rings. The van der Waals surface area contributed by atoms with E-state index in [0.717, 1.165) is 15.9 Å². The Balaban J connectivity index is 1.71. The molecule has 5 rings (SSSR count). The lowest BCUT2D eigenvalue weighted by atomic mass is 9.76. The lowest BCUT2D eigenvalue weighted by Crippen LogP contribution is -2.51. The molecule has 0 bridgehead atoms. The first-order chi connectivity index (χ1) is 17.8. The molecule has 0 amide bonds. The molecule has 2 unspecified atom stereocenters. The second kappa shape index (κ2) is 10.2. The molecule has 4 atom stereocenters. The van der Waals surface area contributed by atoms with Crippen molar-refractivity contribution in [2.45, 2.75) is 50.1 Å². The number of carbonyl (C=O) groups excluding carboxylic acids is 1. The van der Waals surface area contributed by atoms with E-state index in [-0.39, 0.29) is 24.3 Å². The van der Waals surface area contributed by atoms with E-state index in [1.807, 2.05) is 109 Å². The second-order valence-electron chi connectivity index (χ2n) is 10.8. The average molecular weight is 529 g/mol. The predicted octanol–water partition coefficient (Wildman–Crippen LogP) is 6.70. The van der Waals surface area contributed by atoms with Crippen LogP contribution in [-0.4, -0.2) is 22.8 Å². The Morgan fingerprint density at radius 3 is 1.65 bits per heavy atom. The summed E-state index contributed by atoms with van der Waals surface area (Å²) in [5.74, 6) is 0.0490. The van der Waals surface area contributed by atoms with Crippen LogP contribution in [0.1, 0.15) is 33.1 Å². The minimum Gasteiger partial charge on any atom is -0.318 e. The van der Waals surface area contributed by atoms with Gasteiger partial charge in [-0.25, -0.2) is 0 Å². The van der Waals surface area contributed by atoms with Crippen molar-refractivity contribution in [3.8, 4) is 0 Å². The molecule has 0 N–H and O–H groups in total. The average Bonchev–Trinajstić information content (AvgIpc) is 2.95. The fourth-order valence-electron chi connectivity index (χ4n) is 6.41. The van der Waals surface area contributed by atoms with Crippen LogP contribution in [0, 0.1) is 5.41 Å². The number of carbonyl (C=O) groups is 1. The minimum absolute atomic E-state index is 0.0490. The molecule has 0 radical (unpaired) electrons. The normalized spacial score (nSPS) is 24.9. The van der Waals surface area contributed by atoms with E-state index >= 15 is 9.13 Å². The summed E-state index contributed by atoms with van der Waals surface area (Å²) in [5.41, 5.74) is -1.70. The third kappa shape index (κ3) is 4.47. The summed E-state index contributed by atoms with van der Waals surface area (Å²) in [6.07, 6.45) is 9.21. The van der Waals surface area contributed by atoms with Crippen molar-refractivity contribution in [2.75, 3.05) is 0 Å². The van der Waals surface area contributed by atoms with Crippen LogP contribution in [0.15, 0.2) is 115 Å². The highest BCUT2D eigenvalue weighted by Gasteiger charge is 2.58. The van der Waals surface area contributed by atoms with Crippen molar-refractivity contribution >= 4 is 36.0 Å². The molecule has 0 heterocycles. The van der Waals surface area contributed by atoms with Gasteiger partial charge in [-0.1, -0.05) is 129 Å². The number of ketones is 1. The van der Waals surface area contributed by atoms with Gasteiger partial charge in [-0.05, 0) is 11.8 Å². The SMILES string of the molecule is CC1(C)[C@@H](P(=O)(c2ccccc2)c2ccccc2)CC(=O)C[C@@H]1P(=O)(c1ccccc1)C1C=CC=CC1. The van der Waals surface area contributed by atoms with Crippen LogP contribution in [0.2, 0.25) is 0 Å². The molecule has 3 aromatic carbocycles. The monoisotopic (exact) mass is 528 g/mol. The molecule has 0 aliphatic heterocycles. The fraction of sp³-hybridized carbons (Fsp3) is 0.281. The molecule has 5 heteroatoms. The zero-order valence-electron chi connectivity index (χ0n) is 21.4. The molecular weight excluding hydrogens is 494 g/mol. The summed E-state index contributed by atoms with van der Waals surface area (Å²) in [5, 5.41) is 2.31. The first kappa shape index (κ1) is 25.9. The van der Waals surface area contributed by atoms with E-state index in [4.69, 9.17) is 0 Å². The van der Waals surface area contributed by atoms with Gasteiger partial charge in [0.15, 0.2) is 0 Å². The van der Waals surface area contributed by atoms with Gasteiger partial charge in [0, 0.05) is 45.7 Å². The molecule has 190 valence electrons. The number of Topliss-reactive ketones (excluding diaryl/α,β-unsaturated/α-hetero) is 1. The van der Waals surface area contributed by atoms with E-state index in [9.17, 15) is 4.79 Å². The summed E-state index contributed by atoms with van der Waals surface area (Å²) < 4.78 is 31.0. The first-order valence-electron chi connectivity index (χ1n) is 13.0. The van der Waals surface area contributed by atoms with Crippen molar-refractivity contribution in [3.05, 3.63) is 115 Å². The molecular formula is C32H34O3P2. The van der Waals surface area contributed by atoms with E-state index in [0.29, 0.717) is 6.42 Å². The maximum Gasteiger partial charge on any atom is 0.147 e. The van der Waals surface area contributed by atoms with Gasteiger partial charge in [-0.2, -0.15) is 0 Å². The third-order valence-electron chi connectivity index (χ3n) is 8.35. The van der Waals surface area contributed by atoms with Gasteiger partial charge in [-0.3, -0.25) is 4.79 Å². The van der Waals surface area contributed by atoms with Crippen LogP contribution in [-0.2, 0) is 13.9 Å². The van der Waals surface area contributed by atoms with Gasteiger partial charge in [0.2, 0.25) is 0 Å². The topological polar surface area (TPSA) is 51.2 Å². The van der Waals surface area contributed by atoms with Gasteiger partial charge in [0.25, 0.3) is 0 Å². The standard InChI is InChI=1S/C32H34O3P2/c1-32(2)30(36(34,26-15-7-3-8-16-26)27-17-9-4-10-18-27)23-25(33)24-31(32)37(35,28-19-11-5-12-20-28)29-21-13-6-14-22-29/h3-21,29-31H,22-24H2,1-2H3/t29?,30-,31-,37?/m0/s1. The van der Waals surface area contributed by atoms with Crippen molar-refractivity contribution in [1.82, 2.24) is 0 Å². The molecule has 0 spiro atoms. The van der Waals surface area contributed by atoms with Gasteiger partial charge in [0.1, 0.15) is 20.1 Å². The van der Waals surface area contributed by atoms with Crippen LogP contribution in [0.3, 0.4) is 0 Å². The molecule has 2 aliphatic rings. The Labute approximate surface area is 220 Å². The first-order valence-corrected chi connectivity index (χ1v) is 16.6. The number of rotatable bonds is 6. The van der Waals surface area contributed by atoms with Crippen LogP contribution in [0.5, 0.6) is 0 Å². The molecule has 0 aromatic heterocycles. The summed E-state index contributed by atoms with van der Waals surface area (Å²) in [7, 11) is -6.42. The highest BCUT2D eigenvalue weighted by atomic mass is 31.2. The number of benzene rings is 3. The van der Waals surface area contributed by atoms with E-state index in [1.54, 1.807) is 0 Å². The summed E-state index contributed by atoms with van der Waals surface area (Å²) >= 11 is 0. The van der Waals surface area contributed by atoms with E-state index < -0.39 is 31.0 Å². The number of hydrogen-bond donors (Lipinski definition) is 0. The maximum atomic E-state index is 15.5. The fourth-order valence-corrected chi connectivity index (χ4v) is 14.6. The molecule has 3 nitrogen and oxygen atoms in total. The molecule has 1 fully saturated rings. The zero-order valence-corrected chi connectivity index (χ0v) is 23.2.